The number of benzene rings is 2. The lowest BCUT2D eigenvalue weighted by Crippen LogP contribution is -2.14. The molecule has 6 nitrogen and oxygen atoms in total. The third-order valence-electron chi connectivity index (χ3n) is 4.56. The van der Waals surface area contributed by atoms with Gasteiger partial charge in [0.05, 0.1) is 5.56 Å². The van der Waals surface area contributed by atoms with E-state index in [4.69, 9.17) is 22.8 Å². The number of anilines is 1. The molecule has 0 aliphatic heterocycles. The van der Waals surface area contributed by atoms with Gasteiger partial charge in [-0.1, -0.05) is 53.0 Å². The van der Waals surface area contributed by atoms with E-state index in [-0.39, 0.29) is 5.91 Å². The van der Waals surface area contributed by atoms with Gasteiger partial charge in [0.15, 0.2) is 0 Å². The number of amides is 1. The molecule has 8 heteroatoms. The fourth-order valence-corrected chi connectivity index (χ4v) is 3.73. The highest BCUT2D eigenvalue weighted by atomic mass is 35.5. The van der Waals surface area contributed by atoms with Gasteiger partial charge in [-0.2, -0.15) is 0 Å². The van der Waals surface area contributed by atoms with Crippen LogP contribution in [0.15, 0.2) is 60.8 Å². The highest BCUT2D eigenvalue weighted by Crippen LogP contribution is 2.29. The summed E-state index contributed by atoms with van der Waals surface area (Å²) in [5.74, 6) is 2.31. The third kappa shape index (κ3) is 4.94. The van der Waals surface area contributed by atoms with Gasteiger partial charge in [-0.05, 0) is 59.2 Å². The van der Waals surface area contributed by atoms with Gasteiger partial charge in [0, 0.05) is 22.5 Å². The van der Waals surface area contributed by atoms with Gasteiger partial charge < -0.3 is 4.74 Å². The monoisotopic (exact) mass is 460 g/mol. The molecule has 2 aromatic carbocycles. The van der Waals surface area contributed by atoms with Crippen LogP contribution in [-0.2, 0) is 6.61 Å². The van der Waals surface area contributed by atoms with Gasteiger partial charge in [0.25, 0.3) is 11.1 Å². The Labute approximate surface area is 194 Å². The number of aromatic nitrogens is 3. The Kier molecular flexibility index (Phi) is 6.45. The molecule has 2 heterocycles. The van der Waals surface area contributed by atoms with Gasteiger partial charge >= 0.3 is 0 Å². The van der Waals surface area contributed by atoms with Gasteiger partial charge in [-0.25, -0.2) is 0 Å². The standard InChI is InChI=1S/C24H17ClN4O2S/c1-3-17-6-4-5-7-19(17)20-12-15(2)26-13-21(20)22(30)27-23-28-29-24(32-23)31-14-16-8-10-18(25)11-9-16/h1,4-13H,14H2,2H3,(H,27,28,30). The maximum absolute atomic E-state index is 13.0. The zero-order valence-corrected chi connectivity index (χ0v) is 18.6. The maximum Gasteiger partial charge on any atom is 0.296 e. The van der Waals surface area contributed by atoms with Gasteiger partial charge in [-0.3, -0.25) is 15.1 Å². The number of nitrogens with zero attached hydrogens (tertiary/aromatic N) is 3. The van der Waals surface area contributed by atoms with Crippen molar-refractivity contribution in [1.82, 2.24) is 15.2 Å². The third-order valence-corrected chi connectivity index (χ3v) is 5.56. The van der Waals surface area contributed by atoms with Crippen LogP contribution in [0.1, 0.15) is 27.2 Å². The summed E-state index contributed by atoms with van der Waals surface area (Å²) in [4.78, 5) is 17.3. The number of nitrogens with one attached hydrogen (secondary N) is 1. The Morgan fingerprint density at radius 1 is 1.16 bits per heavy atom. The summed E-state index contributed by atoms with van der Waals surface area (Å²) < 4.78 is 5.65. The molecule has 0 aliphatic rings. The Hall–Kier alpha value is -3.73. The highest BCUT2D eigenvalue weighted by Gasteiger charge is 2.18. The fraction of sp³-hybridized carbons (Fsp3) is 0.0833. The fourth-order valence-electron chi connectivity index (χ4n) is 3.02. The summed E-state index contributed by atoms with van der Waals surface area (Å²) in [6.07, 6.45) is 7.19. The van der Waals surface area contributed by atoms with Crippen LogP contribution in [0.5, 0.6) is 5.19 Å². The first-order valence-electron chi connectivity index (χ1n) is 9.58. The number of pyridine rings is 1. The second-order valence-corrected chi connectivity index (χ2v) is 8.18. The molecule has 4 rings (SSSR count). The number of hydrogen-bond acceptors (Lipinski definition) is 6. The first kappa shape index (κ1) is 21.5. The van der Waals surface area contributed by atoms with Gasteiger partial charge in [0.2, 0.25) is 5.13 Å². The Morgan fingerprint density at radius 3 is 2.72 bits per heavy atom. The van der Waals surface area contributed by atoms with Crippen LogP contribution in [0.25, 0.3) is 11.1 Å². The smallest absolute Gasteiger partial charge is 0.296 e. The molecular formula is C24H17ClN4O2S. The SMILES string of the molecule is C#Cc1ccccc1-c1cc(C)ncc1C(=O)Nc1nnc(OCc2ccc(Cl)cc2)s1. The number of ether oxygens (including phenoxy) is 1. The van der Waals surface area contributed by atoms with Crippen molar-refractivity contribution in [1.29, 1.82) is 0 Å². The van der Waals surface area contributed by atoms with Crippen molar-refractivity contribution in [2.24, 2.45) is 0 Å². The molecule has 2 aromatic heterocycles. The number of aryl methyl sites for hydroxylation is 1. The highest BCUT2D eigenvalue weighted by molar-refractivity contribution is 7.17. The lowest BCUT2D eigenvalue weighted by Gasteiger charge is -2.11. The van der Waals surface area contributed by atoms with Crippen LogP contribution in [0, 0.1) is 19.3 Å². The van der Waals surface area contributed by atoms with E-state index in [0.717, 1.165) is 28.2 Å². The minimum absolute atomic E-state index is 0.314. The predicted octanol–water partition coefficient (Wildman–Crippen LogP) is 5.37. The van der Waals surface area contributed by atoms with Crippen molar-refractivity contribution in [3.63, 3.8) is 0 Å². The van der Waals surface area contributed by atoms with E-state index in [9.17, 15) is 4.79 Å². The molecule has 0 bridgehead atoms. The van der Waals surface area contributed by atoms with Crippen molar-refractivity contribution in [2.45, 2.75) is 13.5 Å². The molecule has 0 saturated heterocycles. The van der Waals surface area contributed by atoms with Crippen molar-refractivity contribution in [3.8, 4) is 28.7 Å². The lowest BCUT2D eigenvalue weighted by atomic mass is 9.96. The molecule has 1 amide bonds. The number of carbonyl (C=O) groups excluding carboxylic acids is 1. The van der Waals surface area contributed by atoms with Crippen molar-refractivity contribution in [2.75, 3.05) is 5.32 Å². The summed E-state index contributed by atoms with van der Waals surface area (Å²) in [7, 11) is 0. The number of carbonyl (C=O) groups is 1. The minimum Gasteiger partial charge on any atom is -0.464 e. The molecule has 0 fully saturated rings. The summed E-state index contributed by atoms with van der Waals surface area (Å²) in [5.41, 5.74) is 4.29. The zero-order valence-electron chi connectivity index (χ0n) is 17.0. The molecule has 0 saturated carbocycles. The summed E-state index contributed by atoms with van der Waals surface area (Å²) in [6.45, 7) is 2.17. The molecule has 0 radical (unpaired) electrons. The average molecular weight is 461 g/mol. The summed E-state index contributed by atoms with van der Waals surface area (Å²) >= 11 is 7.03. The van der Waals surface area contributed by atoms with E-state index in [0.29, 0.717) is 38.6 Å². The molecule has 0 atom stereocenters. The maximum atomic E-state index is 13.0. The lowest BCUT2D eigenvalue weighted by molar-refractivity contribution is 0.102. The summed E-state index contributed by atoms with van der Waals surface area (Å²) in [5, 5.41) is 12.1. The van der Waals surface area contributed by atoms with Crippen LogP contribution in [0.4, 0.5) is 5.13 Å². The van der Waals surface area contributed by atoms with Crippen LogP contribution in [-0.4, -0.2) is 21.1 Å². The Balaban J connectivity index is 1.51. The van der Waals surface area contributed by atoms with E-state index >= 15 is 0 Å². The quantitative estimate of drug-likeness (QED) is 0.391. The topological polar surface area (TPSA) is 77.0 Å². The molecule has 0 unspecified atom stereocenters. The molecule has 4 aromatic rings. The van der Waals surface area contributed by atoms with Crippen LogP contribution >= 0.6 is 22.9 Å². The van der Waals surface area contributed by atoms with E-state index in [2.05, 4.69) is 26.4 Å². The number of rotatable bonds is 6. The average Bonchev–Trinajstić information content (AvgIpc) is 3.25. The Morgan fingerprint density at radius 2 is 1.94 bits per heavy atom. The molecule has 1 N–H and O–H groups in total. The van der Waals surface area contributed by atoms with Gasteiger partial charge in [0.1, 0.15) is 6.61 Å². The van der Waals surface area contributed by atoms with Crippen molar-refractivity contribution >= 4 is 34.0 Å². The summed E-state index contributed by atoms with van der Waals surface area (Å²) in [6, 6.07) is 16.6. The van der Waals surface area contributed by atoms with Gasteiger partial charge in [-0.15, -0.1) is 11.5 Å². The largest absolute Gasteiger partial charge is 0.464 e. The first-order chi connectivity index (χ1) is 15.5. The number of halogens is 1. The predicted molar refractivity (Wildman–Crippen MR) is 126 cm³/mol. The van der Waals surface area contributed by atoms with Crippen molar-refractivity contribution in [3.05, 3.63) is 88.2 Å². The van der Waals surface area contributed by atoms with E-state index < -0.39 is 0 Å². The number of terminal acetylenes is 1. The van der Waals surface area contributed by atoms with Crippen molar-refractivity contribution < 1.29 is 9.53 Å². The molecule has 0 spiro atoms. The zero-order chi connectivity index (χ0) is 22.5. The van der Waals surface area contributed by atoms with E-state index in [1.54, 1.807) is 12.1 Å². The molecule has 158 valence electrons. The van der Waals surface area contributed by atoms with E-state index in [1.807, 2.05) is 49.4 Å². The number of hydrogen-bond donors (Lipinski definition) is 1. The van der Waals surface area contributed by atoms with Crippen LogP contribution in [0.2, 0.25) is 5.02 Å². The van der Waals surface area contributed by atoms with E-state index in [1.165, 1.54) is 6.20 Å². The second kappa shape index (κ2) is 9.60. The first-order valence-corrected chi connectivity index (χ1v) is 10.8. The molecule has 0 aliphatic carbocycles. The molecule has 32 heavy (non-hydrogen) atoms. The van der Waals surface area contributed by atoms with Crippen LogP contribution < -0.4 is 10.1 Å². The Bertz CT molecular complexity index is 1310. The molecular weight excluding hydrogens is 444 g/mol. The second-order valence-electron chi connectivity index (χ2n) is 6.80. The normalized spacial score (nSPS) is 10.4. The van der Waals surface area contributed by atoms with Crippen LogP contribution in [0.3, 0.4) is 0 Å². The minimum atomic E-state index is -0.361.